The summed E-state index contributed by atoms with van der Waals surface area (Å²) in [7, 11) is -3.76. The lowest BCUT2D eigenvalue weighted by Crippen LogP contribution is -2.46. The maximum atomic E-state index is 13.4. The van der Waals surface area contributed by atoms with E-state index in [9.17, 15) is 13.2 Å². The van der Waals surface area contributed by atoms with Gasteiger partial charge in [-0.3, -0.25) is 4.79 Å². The number of carbonyl (C=O) groups is 1. The van der Waals surface area contributed by atoms with Crippen molar-refractivity contribution in [2.45, 2.75) is 52.0 Å². The highest BCUT2D eigenvalue weighted by Gasteiger charge is 2.33. The molecule has 0 saturated carbocycles. The molecule has 2 aromatic rings. The Morgan fingerprint density at radius 1 is 1.14 bits per heavy atom. The number of hydrogen-bond donors (Lipinski definition) is 0. The minimum absolute atomic E-state index is 0.0586. The van der Waals surface area contributed by atoms with E-state index in [2.05, 4.69) is 6.07 Å². The van der Waals surface area contributed by atoms with Gasteiger partial charge in [0.1, 0.15) is 0 Å². The highest BCUT2D eigenvalue weighted by atomic mass is 32.2. The van der Waals surface area contributed by atoms with Crippen molar-refractivity contribution in [1.29, 1.82) is 0 Å². The number of amides is 1. The number of carbonyl (C=O) groups excluding carboxylic acids is 1. The van der Waals surface area contributed by atoms with Gasteiger partial charge in [-0.1, -0.05) is 48.9 Å². The van der Waals surface area contributed by atoms with E-state index in [1.54, 1.807) is 11.8 Å². The van der Waals surface area contributed by atoms with Gasteiger partial charge in [0.25, 0.3) is 0 Å². The zero-order valence-corrected chi connectivity index (χ0v) is 18.7. The summed E-state index contributed by atoms with van der Waals surface area (Å²) in [5.41, 5.74) is 4.86. The second-order valence-corrected chi connectivity index (χ2v) is 9.75. The number of aryl methyl sites for hydroxylation is 3. The van der Waals surface area contributed by atoms with Gasteiger partial charge in [-0.2, -0.15) is 4.31 Å². The monoisotopic (exact) mass is 414 g/mol. The number of hydrogen-bond acceptors (Lipinski definition) is 3. The van der Waals surface area contributed by atoms with Crippen molar-refractivity contribution in [3.8, 4) is 0 Å². The molecule has 5 nitrogen and oxygen atoms in total. The molecule has 0 saturated heterocycles. The molecule has 0 aromatic heterocycles. The van der Waals surface area contributed by atoms with Crippen molar-refractivity contribution in [1.82, 2.24) is 9.21 Å². The first-order valence-electron chi connectivity index (χ1n) is 10.1. The van der Waals surface area contributed by atoms with Crippen LogP contribution in [0.4, 0.5) is 0 Å². The van der Waals surface area contributed by atoms with E-state index in [-0.39, 0.29) is 25.0 Å². The van der Waals surface area contributed by atoms with Crippen LogP contribution in [0.1, 0.15) is 47.7 Å². The summed E-state index contributed by atoms with van der Waals surface area (Å²) in [5, 5.41) is 0. The number of fused-ring (bicyclic) bond motifs is 1. The Hall–Kier alpha value is -2.18. The number of sulfonamides is 1. The maximum absolute atomic E-state index is 13.4. The summed E-state index contributed by atoms with van der Waals surface area (Å²) < 4.78 is 28.0. The second-order valence-electron chi connectivity index (χ2n) is 7.87. The van der Waals surface area contributed by atoms with Crippen LogP contribution in [-0.4, -0.2) is 43.2 Å². The fraction of sp³-hybridized carbons (Fsp3) is 0.435. The molecule has 1 amide bonds. The van der Waals surface area contributed by atoms with Gasteiger partial charge in [-0.05, 0) is 56.4 Å². The van der Waals surface area contributed by atoms with Crippen LogP contribution in [0.25, 0.3) is 0 Å². The Labute approximate surface area is 174 Å². The van der Waals surface area contributed by atoms with E-state index in [1.807, 2.05) is 58.0 Å². The largest absolute Gasteiger partial charge is 0.334 e. The lowest BCUT2D eigenvalue weighted by molar-refractivity contribution is -0.133. The van der Waals surface area contributed by atoms with Gasteiger partial charge in [0.15, 0.2) is 0 Å². The molecule has 0 N–H and O–H groups in total. The Kier molecular flexibility index (Phi) is 6.15. The standard InChI is InChI=1S/C23H30N2O3S/c1-6-24(29(27,28)23-17(3)13-16(2)14-18(23)4)15-22(26)25-12-11-20-9-7-8-10-21(20)19(25)5/h7-10,13-14,19H,6,11-12,15H2,1-5H3. The normalized spacial score (nSPS) is 16.8. The highest BCUT2D eigenvalue weighted by Crippen LogP contribution is 2.30. The van der Waals surface area contributed by atoms with Crippen molar-refractivity contribution in [3.05, 3.63) is 64.2 Å². The average Bonchev–Trinajstić information content (AvgIpc) is 2.65. The third-order valence-corrected chi connectivity index (χ3v) is 8.01. The zero-order valence-electron chi connectivity index (χ0n) is 17.9. The smallest absolute Gasteiger partial charge is 0.244 e. The first-order valence-corrected chi connectivity index (χ1v) is 11.6. The zero-order chi connectivity index (χ0) is 21.3. The summed E-state index contributed by atoms with van der Waals surface area (Å²) in [6, 6.07) is 11.8. The molecule has 0 aliphatic carbocycles. The van der Waals surface area contributed by atoms with Crippen LogP contribution < -0.4 is 0 Å². The third kappa shape index (κ3) is 4.09. The molecule has 0 fully saturated rings. The Morgan fingerprint density at radius 2 is 1.76 bits per heavy atom. The quantitative estimate of drug-likeness (QED) is 0.748. The van der Waals surface area contributed by atoms with Gasteiger partial charge >= 0.3 is 0 Å². The molecular weight excluding hydrogens is 384 g/mol. The van der Waals surface area contributed by atoms with Crippen LogP contribution in [0.5, 0.6) is 0 Å². The fourth-order valence-electron chi connectivity index (χ4n) is 4.42. The first-order chi connectivity index (χ1) is 13.7. The van der Waals surface area contributed by atoms with Crippen molar-refractivity contribution < 1.29 is 13.2 Å². The van der Waals surface area contributed by atoms with Crippen LogP contribution in [0.15, 0.2) is 41.3 Å². The Balaban J connectivity index is 1.86. The van der Waals surface area contributed by atoms with Gasteiger partial charge < -0.3 is 4.90 Å². The second kappa shape index (κ2) is 8.28. The molecule has 1 heterocycles. The lowest BCUT2D eigenvalue weighted by Gasteiger charge is -2.36. The molecule has 1 atom stereocenters. The summed E-state index contributed by atoms with van der Waals surface area (Å²) in [6.45, 7) is 10.1. The summed E-state index contributed by atoms with van der Waals surface area (Å²) in [5.74, 6) is -0.153. The summed E-state index contributed by atoms with van der Waals surface area (Å²) >= 11 is 0. The van der Waals surface area contributed by atoms with Crippen LogP contribution in [0, 0.1) is 20.8 Å². The predicted octanol–water partition coefficient (Wildman–Crippen LogP) is 3.77. The molecule has 2 aromatic carbocycles. The van der Waals surface area contributed by atoms with Crippen molar-refractivity contribution in [2.75, 3.05) is 19.6 Å². The topological polar surface area (TPSA) is 57.7 Å². The molecule has 3 rings (SSSR count). The fourth-order valence-corrected chi connectivity index (χ4v) is 6.23. The Bertz CT molecular complexity index is 1010. The molecule has 0 spiro atoms. The van der Waals surface area contributed by atoms with E-state index in [4.69, 9.17) is 0 Å². The number of nitrogens with zero attached hydrogens (tertiary/aromatic N) is 2. The van der Waals surface area contributed by atoms with Gasteiger partial charge in [0, 0.05) is 13.1 Å². The summed E-state index contributed by atoms with van der Waals surface area (Å²) in [6.07, 6.45) is 0.793. The highest BCUT2D eigenvalue weighted by molar-refractivity contribution is 7.89. The van der Waals surface area contributed by atoms with E-state index in [1.165, 1.54) is 9.87 Å². The molecule has 0 radical (unpaired) electrons. The number of benzene rings is 2. The molecule has 29 heavy (non-hydrogen) atoms. The van der Waals surface area contributed by atoms with Crippen LogP contribution in [-0.2, 0) is 21.2 Å². The van der Waals surface area contributed by atoms with Crippen LogP contribution in [0.3, 0.4) is 0 Å². The number of likely N-dealkylation sites (N-methyl/N-ethyl adjacent to an activating group) is 1. The molecule has 1 aliphatic rings. The minimum Gasteiger partial charge on any atom is -0.334 e. The molecule has 0 bridgehead atoms. The lowest BCUT2D eigenvalue weighted by atomic mass is 9.93. The van der Waals surface area contributed by atoms with E-state index >= 15 is 0 Å². The predicted molar refractivity (Wildman–Crippen MR) is 115 cm³/mol. The van der Waals surface area contributed by atoms with Gasteiger partial charge in [0.05, 0.1) is 17.5 Å². The number of rotatable bonds is 5. The van der Waals surface area contributed by atoms with Crippen LogP contribution in [0.2, 0.25) is 0 Å². The van der Waals surface area contributed by atoms with Crippen molar-refractivity contribution >= 4 is 15.9 Å². The molecule has 6 heteroatoms. The first kappa shape index (κ1) is 21.5. The molecule has 1 unspecified atom stereocenters. The van der Waals surface area contributed by atoms with E-state index < -0.39 is 10.0 Å². The van der Waals surface area contributed by atoms with Gasteiger partial charge in [-0.15, -0.1) is 0 Å². The minimum atomic E-state index is -3.76. The third-order valence-electron chi connectivity index (χ3n) is 5.78. The van der Waals surface area contributed by atoms with E-state index in [0.29, 0.717) is 22.6 Å². The molecular formula is C23H30N2O3S. The van der Waals surface area contributed by atoms with Gasteiger partial charge in [-0.25, -0.2) is 8.42 Å². The van der Waals surface area contributed by atoms with E-state index in [0.717, 1.165) is 17.5 Å². The van der Waals surface area contributed by atoms with Crippen molar-refractivity contribution in [3.63, 3.8) is 0 Å². The van der Waals surface area contributed by atoms with Crippen LogP contribution >= 0.6 is 0 Å². The Morgan fingerprint density at radius 3 is 2.38 bits per heavy atom. The van der Waals surface area contributed by atoms with Gasteiger partial charge in [0.2, 0.25) is 15.9 Å². The SMILES string of the molecule is CCN(CC(=O)N1CCc2ccccc2C1C)S(=O)(=O)c1c(C)cc(C)cc1C. The maximum Gasteiger partial charge on any atom is 0.244 e. The molecule has 1 aliphatic heterocycles. The molecule has 156 valence electrons. The van der Waals surface area contributed by atoms with Crippen molar-refractivity contribution in [2.24, 2.45) is 0 Å². The summed E-state index contributed by atoms with van der Waals surface area (Å²) in [4.78, 5) is 15.2. The average molecular weight is 415 g/mol.